The van der Waals surface area contributed by atoms with Gasteiger partial charge in [0.15, 0.2) is 0 Å². The largest absolute Gasteiger partial charge is 0.480 e. The van der Waals surface area contributed by atoms with Crippen LogP contribution in [0, 0.1) is 0 Å². The van der Waals surface area contributed by atoms with Gasteiger partial charge in [-0.05, 0) is 36.8 Å². The first-order valence-corrected chi connectivity index (χ1v) is 6.44. The predicted octanol–water partition coefficient (Wildman–Crippen LogP) is 2.29. The highest BCUT2D eigenvalue weighted by Crippen LogP contribution is 2.19. The summed E-state index contributed by atoms with van der Waals surface area (Å²) in [5.74, 6) is -1.31. The molecule has 0 spiro atoms. The molecule has 0 saturated carbocycles. The Morgan fingerprint density at radius 3 is 2.59 bits per heavy atom. The number of rotatable bonds is 5. The third-order valence-corrected chi connectivity index (χ3v) is 3.86. The minimum absolute atomic E-state index is 0.302. The Kier molecular flexibility index (Phi) is 4.28. The molecule has 5 heteroatoms. The maximum atomic E-state index is 12.0. The maximum absolute atomic E-state index is 12.0. The van der Waals surface area contributed by atoms with Gasteiger partial charge in [0.1, 0.15) is 5.54 Å². The lowest BCUT2D eigenvalue weighted by molar-refractivity contribution is -0.143. The van der Waals surface area contributed by atoms with Crippen LogP contribution in [0.3, 0.4) is 0 Å². The van der Waals surface area contributed by atoms with Crippen LogP contribution in [0.4, 0.5) is 0 Å². The molecule has 0 aliphatic carbocycles. The molecule has 1 aromatic rings. The number of thiophene rings is 1. The van der Waals surface area contributed by atoms with Gasteiger partial charge in [0.2, 0.25) is 0 Å². The van der Waals surface area contributed by atoms with Gasteiger partial charge in [-0.3, -0.25) is 4.79 Å². The Labute approximate surface area is 105 Å². The number of hydrogen-bond acceptors (Lipinski definition) is 3. The van der Waals surface area contributed by atoms with E-state index in [0.717, 1.165) is 12.0 Å². The summed E-state index contributed by atoms with van der Waals surface area (Å²) in [6.45, 7) is 5.23. The Morgan fingerprint density at radius 1 is 1.47 bits per heavy atom. The molecule has 1 unspecified atom stereocenters. The van der Waals surface area contributed by atoms with Crippen molar-refractivity contribution in [3.05, 3.63) is 21.9 Å². The molecule has 1 aromatic heterocycles. The molecule has 2 N–H and O–H groups in total. The van der Waals surface area contributed by atoms with Crippen molar-refractivity contribution in [2.24, 2.45) is 0 Å². The van der Waals surface area contributed by atoms with Crippen LogP contribution in [0.2, 0.25) is 0 Å². The summed E-state index contributed by atoms with van der Waals surface area (Å²) in [5.41, 5.74) is -0.247. The first-order valence-electron chi connectivity index (χ1n) is 5.57. The summed E-state index contributed by atoms with van der Waals surface area (Å²) in [4.78, 5) is 23.7. The Hall–Kier alpha value is -1.36. The fourth-order valence-corrected chi connectivity index (χ4v) is 2.30. The van der Waals surface area contributed by atoms with Gasteiger partial charge in [0.05, 0.1) is 4.88 Å². The predicted molar refractivity (Wildman–Crippen MR) is 67.5 cm³/mol. The van der Waals surface area contributed by atoms with E-state index in [1.807, 2.05) is 18.4 Å². The molecule has 17 heavy (non-hydrogen) atoms. The molecule has 0 fully saturated rings. The zero-order valence-electron chi connectivity index (χ0n) is 10.2. The van der Waals surface area contributed by atoms with Gasteiger partial charge in [-0.15, -0.1) is 11.3 Å². The molecule has 0 aliphatic rings. The molecule has 0 saturated heterocycles. The first-order chi connectivity index (χ1) is 7.94. The molecule has 0 aliphatic heterocycles. The fourth-order valence-electron chi connectivity index (χ4n) is 1.41. The number of carboxylic acids is 1. The average Bonchev–Trinajstić information content (AvgIpc) is 2.76. The SMILES string of the molecule is CCc1ccsc1C(=O)NC(C)(CC)C(=O)O. The van der Waals surface area contributed by atoms with Gasteiger partial charge in [-0.25, -0.2) is 4.79 Å². The number of aryl methyl sites for hydroxylation is 1. The van der Waals surface area contributed by atoms with Crippen molar-refractivity contribution < 1.29 is 14.7 Å². The summed E-state index contributed by atoms with van der Waals surface area (Å²) in [7, 11) is 0. The van der Waals surface area contributed by atoms with Crippen molar-refractivity contribution in [2.45, 2.75) is 39.2 Å². The summed E-state index contributed by atoms with van der Waals surface area (Å²) in [5, 5.41) is 13.5. The van der Waals surface area contributed by atoms with Gasteiger partial charge >= 0.3 is 5.97 Å². The summed E-state index contributed by atoms with van der Waals surface area (Å²) >= 11 is 1.34. The van der Waals surface area contributed by atoms with E-state index in [-0.39, 0.29) is 5.91 Å². The van der Waals surface area contributed by atoms with E-state index < -0.39 is 11.5 Å². The Morgan fingerprint density at radius 2 is 2.12 bits per heavy atom. The van der Waals surface area contributed by atoms with Crippen molar-refractivity contribution in [3.8, 4) is 0 Å². The number of amides is 1. The molecule has 0 aromatic carbocycles. The lowest BCUT2D eigenvalue weighted by Gasteiger charge is -2.24. The maximum Gasteiger partial charge on any atom is 0.329 e. The molecule has 1 amide bonds. The van der Waals surface area contributed by atoms with Crippen LogP contribution in [0.15, 0.2) is 11.4 Å². The zero-order chi connectivity index (χ0) is 13.1. The van der Waals surface area contributed by atoms with Crippen molar-refractivity contribution in [3.63, 3.8) is 0 Å². The van der Waals surface area contributed by atoms with Crippen LogP contribution in [-0.4, -0.2) is 22.5 Å². The summed E-state index contributed by atoms with van der Waals surface area (Å²) in [6.07, 6.45) is 1.11. The molecular weight excluding hydrogens is 238 g/mol. The average molecular weight is 255 g/mol. The van der Waals surface area contributed by atoms with Crippen LogP contribution >= 0.6 is 11.3 Å². The number of carbonyl (C=O) groups is 2. The van der Waals surface area contributed by atoms with E-state index >= 15 is 0 Å². The van der Waals surface area contributed by atoms with E-state index in [1.54, 1.807) is 6.92 Å². The van der Waals surface area contributed by atoms with Gasteiger partial charge < -0.3 is 10.4 Å². The monoisotopic (exact) mass is 255 g/mol. The fraction of sp³-hybridized carbons (Fsp3) is 0.500. The second-order valence-electron chi connectivity index (χ2n) is 4.07. The standard InChI is InChI=1S/C12H17NO3S/c1-4-8-6-7-17-9(8)10(14)13-12(3,5-2)11(15)16/h6-7H,4-5H2,1-3H3,(H,13,14)(H,15,16). The van der Waals surface area contributed by atoms with Crippen molar-refractivity contribution in [2.75, 3.05) is 0 Å². The van der Waals surface area contributed by atoms with E-state index in [2.05, 4.69) is 5.32 Å². The topological polar surface area (TPSA) is 66.4 Å². The number of aliphatic carboxylic acids is 1. The van der Waals surface area contributed by atoms with Crippen molar-refractivity contribution in [1.82, 2.24) is 5.32 Å². The van der Waals surface area contributed by atoms with E-state index in [4.69, 9.17) is 5.11 Å². The van der Waals surface area contributed by atoms with Crippen molar-refractivity contribution in [1.29, 1.82) is 0 Å². The molecule has 0 radical (unpaired) electrons. The number of hydrogen-bond donors (Lipinski definition) is 2. The van der Waals surface area contributed by atoms with Crippen LogP contribution in [0.25, 0.3) is 0 Å². The quantitative estimate of drug-likeness (QED) is 0.848. The third-order valence-electron chi connectivity index (χ3n) is 2.90. The summed E-state index contributed by atoms with van der Waals surface area (Å²) < 4.78 is 0. The normalized spacial score (nSPS) is 14.1. The van der Waals surface area contributed by atoms with Crippen LogP contribution in [0.5, 0.6) is 0 Å². The van der Waals surface area contributed by atoms with E-state index in [1.165, 1.54) is 18.3 Å². The molecule has 4 nitrogen and oxygen atoms in total. The minimum Gasteiger partial charge on any atom is -0.480 e. The molecule has 1 atom stereocenters. The second kappa shape index (κ2) is 5.31. The molecule has 94 valence electrons. The Balaban J connectivity index is 2.89. The molecule has 1 rings (SSSR count). The lowest BCUT2D eigenvalue weighted by Crippen LogP contribution is -2.51. The minimum atomic E-state index is -1.20. The van der Waals surface area contributed by atoms with Crippen LogP contribution in [0.1, 0.15) is 42.4 Å². The number of carbonyl (C=O) groups excluding carboxylic acids is 1. The Bertz CT molecular complexity index is 427. The summed E-state index contributed by atoms with van der Waals surface area (Å²) in [6, 6.07) is 1.89. The van der Waals surface area contributed by atoms with E-state index in [0.29, 0.717) is 11.3 Å². The smallest absolute Gasteiger partial charge is 0.329 e. The van der Waals surface area contributed by atoms with Crippen molar-refractivity contribution >= 4 is 23.2 Å². The second-order valence-corrected chi connectivity index (χ2v) is 4.99. The van der Waals surface area contributed by atoms with Gasteiger partial charge in [-0.1, -0.05) is 13.8 Å². The zero-order valence-corrected chi connectivity index (χ0v) is 11.1. The van der Waals surface area contributed by atoms with Gasteiger partial charge in [-0.2, -0.15) is 0 Å². The number of nitrogens with one attached hydrogen (secondary N) is 1. The van der Waals surface area contributed by atoms with Gasteiger partial charge in [0, 0.05) is 0 Å². The lowest BCUT2D eigenvalue weighted by atomic mass is 9.99. The van der Waals surface area contributed by atoms with Gasteiger partial charge in [0.25, 0.3) is 5.91 Å². The highest BCUT2D eigenvalue weighted by atomic mass is 32.1. The molecule has 1 heterocycles. The third kappa shape index (κ3) is 2.85. The highest BCUT2D eigenvalue weighted by Gasteiger charge is 2.33. The highest BCUT2D eigenvalue weighted by molar-refractivity contribution is 7.12. The molecular formula is C12H17NO3S. The number of carboxylic acid groups (broad SMARTS) is 1. The van der Waals surface area contributed by atoms with Crippen LogP contribution < -0.4 is 5.32 Å². The first kappa shape index (κ1) is 13.7. The molecule has 0 bridgehead atoms. The van der Waals surface area contributed by atoms with E-state index in [9.17, 15) is 9.59 Å². The van der Waals surface area contributed by atoms with Crippen LogP contribution in [-0.2, 0) is 11.2 Å².